The zero-order chi connectivity index (χ0) is 30.1. The first kappa shape index (κ1) is 30.9. The molecule has 0 unspecified atom stereocenters. The van der Waals surface area contributed by atoms with Crippen molar-refractivity contribution in [1.29, 1.82) is 0 Å². The van der Waals surface area contributed by atoms with E-state index in [9.17, 15) is 18.0 Å². The first-order chi connectivity index (χ1) is 20.2. The highest BCUT2D eigenvalue weighted by molar-refractivity contribution is 7.92. The number of methoxy groups -OCH3 is 2. The molecule has 1 saturated carbocycles. The molecule has 4 rings (SSSR count). The van der Waals surface area contributed by atoms with E-state index in [4.69, 9.17) is 9.47 Å². The molecule has 0 saturated heterocycles. The number of benzene rings is 3. The number of nitrogens with one attached hydrogen (secondary N) is 1. The highest BCUT2D eigenvalue weighted by Crippen LogP contribution is 2.34. The van der Waals surface area contributed by atoms with Gasteiger partial charge in [0.1, 0.15) is 12.6 Å². The van der Waals surface area contributed by atoms with Crippen molar-refractivity contribution in [3.63, 3.8) is 0 Å². The van der Waals surface area contributed by atoms with Gasteiger partial charge in [0.15, 0.2) is 11.5 Å². The van der Waals surface area contributed by atoms with Gasteiger partial charge in [-0.05, 0) is 49.6 Å². The first-order valence-corrected chi connectivity index (χ1v) is 15.6. The van der Waals surface area contributed by atoms with Crippen LogP contribution in [0.15, 0.2) is 83.8 Å². The van der Waals surface area contributed by atoms with Gasteiger partial charge in [0.25, 0.3) is 10.0 Å². The Balaban J connectivity index is 1.69. The lowest BCUT2D eigenvalue weighted by Gasteiger charge is -2.33. The number of carbonyl (C=O) groups excluding carboxylic acids is 2. The molecule has 42 heavy (non-hydrogen) atoms. The average molecular weight is 594 g/mol. The highest BCUT2D eigenvalue weighted by atomic mass is 32.2. The van der Waals surface area contributed by atoms with Gasteiger partial charge in [-0.3, -0.25) is 13.9 Å². The van der Waals surface area contributed by atoms with Crippen LogP contribution in [0.4, 0.5) is 5.69 Å². The number of amides is 2. The predicted octanol–water partition coefficient (Wildman–Crippen LogP) is 4.77. The maximum atomic E-state index is 14.1. The maximum absolute atomic E-state index is 14.1. The van der Waals surface area contributed by atoms with Gasteiger partial charge in [-0.25, -0.2) is 8.42 Å². The third-order valence-electron chi connectivity index (χ3n) is 7.58. The molecule has 0 spiro atoms. The number of ether oxygens (including phenoxy) is 2. The molecule has 10 heteroatoms. The number of nitrogens with zero attached hydrogens (tertiary/aromatic N) is 2. The standard InChI is InChI=1S/C32H39N3O6S/c1-24(32(37)33-26-15-9-5-10-16-26)34(22-25-13-7-4-8-14-25)31(36)23-35(42(38,39)28-17-11-6-12-18-28)27-19-20-29(40-2)30(21-27)41-3/h4,6-8,11-14,17-21,24,26H,5,9-10,15-16,22-23H2,1-3H3,(H,33,37)/t24-/m0/s1. The summed E-state index contributed by atoms with van der Waals surface area (Å²) < 4.78 is 39.8. The van der Waals surface area contributed by atoms with Crippen molar-refractivity contribution in [3.8, 4) is 11.5 Å². The zero-order valence-electron chi connectivity index (χ0n) is 24.4. The quantitative estimate of drug-likeness (QED) is 0.325. The predicted molar refractivity (Wildman–Crippen MR) is 162 cm³/mol. The Labute approximate surface area is 248 Å². The molecule has 224 valence electrons. The molecule has 0 aromatic heterocycles. The van der Waals surface area contributed by atoms with Crippen LogP contribution in [0.1, 0.15) is 44.6 Å². The molecule has 9 nitrogen and oxygen atoms in total. The fourth-order valence-electron chi connectivity index (χ4n) is 5.16. The Morgan fingerprint density at radius 2 is 1.50 bits per heavy atom. The van der Waals surface area contributed by atoms with Crippen LogP contribution in [0.25, 0.3) is 0 Å². The third kappa shape index (κ3) is 7.42. The fraction of sp³-hybridized carbons (Fsp3) is 0.375. The summed E-state index contributed by atoms with van der Waals surface area (Å²) in [6, 6.07) is 21.2. The number of carbonyl (C=O) groups is 2. The van der Waals surface area contributed by atoms with Gasteiger partial charge in [-0.15, -0.1) is 0 Å². The fourth-order valence-corrected chi connectivity index (χ4v) is 6.59. The van der Waals surface area contributed by atoms with Crippen LogP contribution in [-0.4, -0.2) is 58.0 Å². The van der Waals surface area contributed by atoms with Crippen molar-refractivity contribution in [1.82, 2.24) is 10.2 Å². The Morgan fingerprint density at radius 3 is 2.12 bits per heavy atom. The number of rotatable bonds is 12. The van der Waals surface area contributed by atoms with Gasteiger partial charge in [0.2, 0.25) is 11.8 Å². The minimum Gasteiger partial charge on any atom is -0.493 e. The van der Waals surface area contributed by atoms with Crippen molar-refractivity contribution in [2.75, 3.05) is 25.1 Å². The van der Waals surface area contributed by atoms with Crippen LogP contribution in [0.2, 0.25) is 0 Å². The lowest BCUT2D eigenvalue weighted by atomic mass is 9.95. The van der Waals surface area contributed by atoms with Crippen LogP contribution < -0.4 is 19.1 Å². The monoisotopic (exact) mass is 593 g/mol. The van der Waals surface area contributed by atoms with E-state index >= 15 is 0 Å². The first-order valence-electron chi connectivity index (χ1n) is 14.2. The smallest absolute Gasteiger partial charge is 0.264 e. The number of hydrogen-bond acceptors (Lipinski definition) is 6. The Hall–Kier alpha value is -4.05. The van der Waals surface area contributed by atoms with Crippen LogP contribution in [0.3, 0.4) is 0 Å². The summed E-state index contributed by atoms with van der Waals surface area (Å²) in [7, 11) is -1.24. The van der Waals surface area contributed by atoms with Crippen molar-refractivity contribution in [2.24, 2.45) is 0 Å². The second-order valence-electron chi connectivity index (χ2n) is 10.4. The van der Waals surface area contributed by atoms with Gasteiger partial charge in [0, 0.05) is 18.7 Å². The lowest BCUT2D eigenvalue weighted by Crippen LogP contribution is -2.53. The van der Waals surface area contributed by atoms with E-state index in [-0.39, 0.29) is 29.1 Å². The summed E-state index contributed by atoms with van der Waals surface area (Å²) in [6.07, 6.45) is 5.09. The average Bonchev–Trinajstić information content (AvgIpc) is 3.03. The molecule has 1 fully saturated rings. The molecule has 3 aromatic rings. The second-order valence-corrected chi connectivity index (χ2v) is 12.3. The summed E-state index contributed by atoms with van der Waals surface area (Å²) in [5.74, 6) is -0.0328. The molecular weight excluding hydrogens is 554 g/mol. The minimum absolute atomic E-state index is 0.0327. The summed E-state index contributed by atoms with van der Waals surface area (Å²) in [5, 5.41) is 3.11. The largest absolute Gasteiger partial charge is 0.493 e. The van der Waals surface area contributed by atoms with E-state index in [1.54, 1.807) is 37.3 Å². The Kier molecular flexibility index (Phi) is 10.5. The maximum Gasteiger partial charge on any atom is 0.264 e. The van der Waals surface area contributed by atoms with Crippen molar-refractivity contribution in [3.05, 3.63) is 84.4 Å². The highest BCUT2D eigenvalue weighted by Gasteiger charge is 2.33. The molecular formula is C32H39N3O6S. The summed E-state index contributed by atoms with van der Waals surface area (Å²) >= 11 is 0. The van der Waals surface area contributed by atoms with Crippen LogP contribution in [0.5, 0.6) is 11.5 Å². The molecule has 1 aliphatic rings. The van der Waals surface area contributed by atoms with Crippen molar-refractivity contribution >= 4 is 27.5 Å². The van der Waals surface area contributed by atoms with Gasteiger partial charge in [-0.1, -0.05) is 67.8 Å². The normalized spacial score (nSPS) is 14.5. The van der Waals surface area contributed by atoms with Crippen LogP contribution >= 0.6 is 0 Å². The minimum atomic E-state index is -4.18. The van der Waals surface area contributed by atoms with Gasteiger partial charge in [-0.2, -0.15) is 0 Å². The number of hydrogen-bond donors (Lipinski definition) is 1. The number of sulfonamides is 1. The lowest BCUT2D eigenvalue weighted by molar-refractivity contribution is -0.139. The van der Waals surface area contributed by atoms with Crippen LogP contribution in [-0.2, 0) is 26.2 Å². The van der Waals surface area contributed by atoms with Crippen molar-refractivity contribution in [2.45, 2.75) is 62.6 Å². The summed E-state index contributed by atoms with van der Waals surface area (Å²) in [4.78, 5) is 29.0. The third-order valence-corrected chi connectivity index (χ3v) is 9.37. The molecule has 2 amide bonds. The molecule has 1 aliphatic carbocycles. The molecule has 0 aliphatic heterocycles. The Morgan fingerprint density at radius 1 is 0.881 bits per heavy atom. The Bertz CT molecular complexity index is 1440. The molecule has 1 N–H and O–H groups in total. The summed E-state index contributed by atoms with van der Waals surface area (Å²) in [5.41, 5.74) is 1.05. The topological polar surface area (TPSA) is 105 Å². The molecule has 0 bridgehead atoms. The molecule has 0 heterocycles. The van der Waals surface area contributed by atoms with Gasteiger partial charge < -0.3 is 19.7 Å². The van der Waals surface area contributed by atoms with E-state index in [1.165, 1.54) is 37.3 Å². The second kappa shape index (κ2) is 14.2. The SMILES string of the molecule is COc1ccc(N(CC(=O)N(Cc2ccccc2)[C@@H](C)C(=O)NC2CCCCC2)S(=O)(=O)c2ccccc2)cc1OC. The van der Waals surface area contributed by atoms with Gasteiger partial charge >= 0.3 is 0 Å². The zero-order valence-corrected chi connectivity index (χ0v) is 25.2. The number of anilines is 1. The van der Waals surface area contributed by atoms with Crippen molar-refractivity contribution < 1.29 is 27.5 Å². The molecule has 0 radical (unpaired) electrons. The van der Waals surface area contributed by atoms with Crippen LogP contribution in [0, 0.1) is 0 Å². The molecule has 3 aromatic carbocycles. The van der Waals surface area contributed by atoms with Gasteiger partial charge in [0.05, 0.1) is 24.8 Å². The van der Waals surface area contributed by atoms with E-state index in [0.29, 0.717) is 11.5 Å². The van der Waals surface area contributed by atoms with E-state index < -0.39 is 28.5 Å². The molecule has 1 atom stereocenters. The van der Waals surface area contributed by atoms with E-state index in [2.05, 4.69) is 5.32 Å². The van der Waals surface area contributed by atoms with E-state index in [0.717, 1.165) is 42.0 Å². The summed E-state index contributed by atoms with van der Waals surface area (Å²) in [6.45, 7) is 1.30. The van der Waals surface area contributed by atoms with E-state index in [1.807, 2.05) is 30.3 Å².